The van der Waals surface area contributed by atoms with Gasteiger partial charge in [0.05, 0.1) is 6.54 Å². The highest BCUT2D eigenvalue weighted by Gasteiger charge is 2.01. The van der Waals surface area contributed by atoms with E-state index < -0.39 is 0 Å². The van der Waals surface area contributed by atoms with Gasteiger partial charge < -0.3 is 10.1 Å². The van der Waals surface area contributed by atoms with Crippen molar-refractivity contribution in [2.75, 3.05) is 5.32 Å². The third-order valence-corrected chi connectivity index (χ3v) is 4.28. The number of nitrogens with one attached hydrogen (secondary N) is 1. The van der Waals surface area contributed by atoms with Crippen molar-refractivity contribution in [3.05, 3.63) is 75.5 Å². The van der Waals surface area contributed by atoms with Crippen molar-refractivity contribution in [3.8, 4) is 5.75 Å². The van der Waals surface area contributed by atoms with Crippen molar-refractivity contribution in [2.45, 2.75) is 13.2 Å². The van der Waals surface area contributed by atoms with Gasteiger partial charge in [-0.1, -0.05) is 23.7 Å². The third kappa shape index (κ3) is 4.68. The molecule has 3 nitrogen and oxygen atoms in total. The summed E-state index contributed by atoms with van der Waals surface area (Å²) in [6.45, 7) is 1.09. The Morgan fingerprint density at radius 3 is 2.48 bits per heavy atom. The second kappa shape index (κ2) is 7.44. The Hall–Kier alpha value is -2.11. The van der Waals surface area contributed by atoms with E-state index in [0.29, 0.717) is 17.6 Å². The zero-order chi connectivity index (χ0) is 16.1. The number of halogens is 2. The fourth-order valence-corrected chi connectivity index (χ4v) is 2.89. The molecular formula is C17H14ClFN2OS. The molecule has 0 amide bonds. The van der Waals surface area contributed by atoms with Gasteiger partial charge in [0.1, 0.15) is 18.2 Å². The van der Waals surface area contributed by atoms with Gasteiger partial charge in [0, 0.05) is 16.8 Å². The number of rotatable bonds is 6. The molecule has 0 aliphatic carbocycles. The fraction of sp³-hybridized carbons (Fsp3) is 0.118. The second-order valence-corrected chi connectivity index (χ2v) is 6.57. The summed E-state index contributed by atoms with van der Waals surface area (Å²) in [7, 11) is 0. The summed E-state index contributed by atoms with van der Waals surface area (Å²) < 4.78 is 19.1. The molecule has 0 saturated carbocycles. The molecule has 0 radical (unpaired) electrons. The molecule has 2 aromatic carbocycles. The van der Waals surface area contributed by atoms with Gasteiger partial charge in [-0.05, 0) is 42.0 Å². The molecular weight excluding hydrogens is 335 g/mol. The zero-order valence-corrected chi connectivity index (χ0v) is 13.7. The quantitative estimate of drug-likeness (QED) is 0.670. The van der Waals surface area contributed by atoms with Crippen molar-refractivity contribution in [1.29, 1.82) is 0 Å². The van der Waals surface area contributed by atoms with Crippen molar-refractivity contribution in [2.24, 2.45) is 0 Å². The molecule has 0 aliphatic rings. The number of benzene rings is 2. The number of ether oxygens (including phenoxy) is 1. The highest BCUT2D eigenvalue weighted by atomic mass is 35.5. The van der Waals surface area contributed by atoms with Crippen molar-refractivity contribution in [3.63, 3.8) is 0 Å². The molecule has 6 heteroatoms. The Labute approximate surface area is 142 Å². The minimum atomic E-state index is -0.244. The van der Waals surface area contributed by atoms with Crippen molar-refractivity contribution < 1.29 is 9.13 Å². The molecule has 0 atom stereocenters. The summed E-state index contributed by atoms with van der Waals surface area (Å²) in [6.07, 6.45) is 1.76. The molecule has 118 valence electrons. The summed E-state index contributed by atoms with van der Waals surface area (Å²) in [5.74, 6) is 0.520. The lowest BCUT2D eigenvalue weighted by Gasteiger charge is -2.08. The first-order valence-corrected chi connectivity index (χ1v) is 8.20. The van der Waals surface area contributed by atoms with Crippen molar-refractivity contribution >= 4 is 28.6 Å². The minimum Gasteiger partial charge on any atom is -0.489 e. The van der Waals surface area contributed by atoms with Crippen LogP contribution in [0.5, 0.6) is 5.75 Å². The van der Waals surface area contributed by atoms with E-state index in [1.54, 1.807) is 18.3 Å². The number of nitrogens with zero attached hydrogens (tertiary/aromatic N) is 1. The first kappa shape index (κ1) is 15.8. The molecule has 0 unspecified atom stereocenters. The molecule has 3 rings (SSSR count). The highest BCUT2D eigenvalue weighted by molar-refractivity contribution is 7.15. The van der Waals surface area contributed by atoms with Gasteiger partial charge in [-0.15, -0.1) is 11.3 Å². The normalized spacial score (nSPS) is 10.5. The average molecular weight is 349 g/mol. The van der Waals surface area contributed by atoms with E-state index >= 15 is 0 Å². The number of anilines is 1. The molecule has 1 N–H and O–H groups in total. The molecule has 3 aromatic rings. The van der Waals surface area contributed by atoms with Crippen LogP contribution in [0.3, 0.4) is 0 Å². The van der Waals surface area contributed by atoms with E-state index in [2.05, 4.69) is 10.3 Å². The maximum Gasteiger partial charge on any atom is 0.183 e. The topological polar surface area (TPSA) is 34.1 Å². The minimum absolute atomic E-state index is 0.244. The summed E-state index contributed by atoms with van der Waals surface area (Å²) in [5, 5.41) is 3.30. The first-order chi connectivity index (χ1) is 11.2. The molecule has 0 saturated heterocycles. The molecule has 0 spiro atoms. The van der Waals surface area contributed by atoms with Gasteiger partial charge >= 0.3 is 0 Å². The van der Waals surface area contributed by atoms with Crippen LogP contribution >= 0.6 is 22.9 Å². The monoisotopic (exact) mass is 348 g/mol. The maximum absolute atomic E-state index is 12.8. The third-order valence-electron chi connectivity index (χ3n) is 3.17. The molecule has 1 aromatic heterocycles. The first-order valence-electron chi connectivity index (χ1n) is 7.00. The molecule has 23 heavy (non-hydrogen) atoms. The number of aromatic nitrogens is 1. The van der Waals surface area contributed by atoms with Crippen LogP contribution in [0.15, 0.2) is 54.7 Å². The van der Waals surface area contributed by atoms with E-state index in [1.807, 2.05) is 24.3 Å². The number of hydrogen-bond donors (Lipinski definition) is 1. The predicted octanol–water partition coefficient (Wildman–Crippen LogP) is 5.13. The Morgan fingerprint density at radius 1 is 1.09 bits per heavy atom. The summed E-state index contributed by atoms with van der Waals surface area (Å²) in [5.41, 5.74) is 1.92. The van der Waals surface area contributed by atoms with E-state index in [4.69, 9.17) is 16.3 Å². The van der Waals surface area contributed by atoms with Crippen molar-refractivity contribution in [1.82, 2.24) is 4.98 Å². The van der Waals surface area contributed by atoms with E-state index in [9.17, 15) is 4.39 Å². The highest BCUT2D eigenvalue weighted by Crippen LogP contribution is 2.21. The molecule has 0 bridgehead atoms. The van der Waals surface area contributed by atoms with E-state index in [0.717, 1.165) is 21.9 Å². The summed E-state index contributed by atoms with van der Waals surface area (Å²) in [6, 6.07) is 14.0. The zero-order valence-electron chi connectivity index (χ0n) is 12.1. The molecule has 0 fully saturated rings. The van der Waals surface area contributed by atoms with Gasteiger partial charge in [-0.25, -0.2) is 9.37 Å². The Bertz CT molecular complexity index is 759. The Kier molecular flexibility index (Phi) is 5.10. The lowest BCUT2D eigenvalue weighted by Crippen LogP contribution is -1.98. The van der Waals surface area contributed by atoms with Gasteiger partial charge in [0.2, 0.25) is 0 Å². The van der Waals surface area contributed by atoms with Crippen LogP contribution in [0.1, 0.15) is 10.4 Å². The van der Waals surface area contributed by atoms with Gasteiger partial charge in [0.25, 0.3) is 0 Å². The van der Waals surface area contributed by atoms with E-state index in [-0.39, 0.29) is 5.82 Å². The summed E-state index contributed by atoms with van der Waals surface area (Å²) in [4.78, 5) is 5.08. The smallest absolute Gasteiger partial charge is 0.183 e. The standard InChI is InChI=1S/C17H14ClFN2OS/c18-17-21-10-16(23-17)9-20-14-5-7-15(8-6-14)22-11-12-1-3-13(19)4-2-12/h1-8,10,20H,9,11H2. The van der Waals surface area contributed by atoms with Crippen LogP contribution in [0.4, 0.5) is 10.1 Å². The van der Waals surface area contributed by atoms with Crippen LogP contribution in [0, 0.1) is 5.82 Å². The van der Waals surface area contributed by atoms with Crippen LogP contribution in [0.2, 0.25) is 4.47 Å². The lowest BCUT2D eigenvalue weighted by atomic mass is 10.2. The second-order valence-electron chi connectivity index (χ2n) is 4.87. The number of thiazole rings is 1. The number of hydrogen-bond acceptors (Lipinski definition) is 4. The van der Waals surface area contributed by atoms with Gasteiger partial charge in [-0.3, -0.25) is 0 Å². The van der Waals surface area contributed by atoms with Crippen LogP contribution in [-0.4, -0.2) is 4.98 Å². The maximum atomic E-state index is 12.8. The Balaban J connectivity index is 1.51. The van der Waals surface area contributed by atoms with E-state index in [1.165, 1.54) is 23.5 Å². The average Bonchev–Trinajstić information content (AvgIpc) is 2.99. The summed E-state index contributed by atoms with van der Waals surface area (Å²) >= 11 is 7.26. The molecule has 0 aliphatic heterocycles. The SMILES string of the molecule is Fc1ccc(COc2ccc(NCc3cnc(Cl)s3)cc2)cc1. The van der Waals surface area contributed by atoms with Gasteiger partial charge in [-0.2, -0.15) is 0 Å². The Morgan fingerprint density at radius 2 is 1.83 bits per heavy atom. The lowest BCUT2D eigenvalue weighted by molar-refractivity contribution is 0.306. The van der Waals surface area contributed by atoms with Crippen LogP contribution < -0.4 is 10.1 Å². The predicted molar refractivity (Wildman–Crippen MR) is 91.6 cm³/mol. The molecule has 1 heterocycles. The van der Waals surface area contributed by atoms with Crippen LogP contribution in [-0.2, 0) is 13.2 Å². The van der Waals surface area contributed by atoms with Gasteiger partial charge in [0.15, 0.2) is 4.47 Å². The largest absolute Gasteiger partial charge is 0.489 e. The van der Waals surface area contributed by atoms with Crippen LogP contribution in [0.25, 0.3) is 0 Å². The fourth-order valence-electron chi connectivity index (χ4n) is 1.97.